The Labute approximate surface area is 164 Å². The zero-order valence-electron chi connectivity index (χ0n) is 14.7. The van der Waals surface area contributed by atoms with Crippen molar-refractivity contribution in [3.05, 3.63) is 70.2 Å². The van der Waals surface area contributed by atoms with Crippen molar-refractivity contribution in [2.75, 3.05) is 12.4 Å². The average Bonchev–Trinajstić information content (AvgIpc) is 3.09. The number of hydrogen-bond acceptors (Lipinski definition) is 4. The second kappa shape index (κ2) is 8.77. The van der Waals surface area contributed by atoms with Gasteiger partial charge in [-0.05, 0) is 41.8 Å². The van der Waals surface area contributed by atoms with E-state index in [0.717, 1.165) is 15.6 Å². The second-order valence-electron chi connectivity index (χ2n) is 5.91. The Bertz CT molecular complexity index is 928. The number of rotatable bonds is 7. The maximum atomic E-state index is 13.7. The standard InChI is InChI=1S/C19H18BrFN4O2/c1-27-17-8-4-13(10-16(17)21)5-9-18(26)23-19-22-12-25(24-19)11-14-2-6-15(20)7-3-14/h2-4,6-8,10,12H,5,9,11H2,1H3,(H,23,24,26). The van der Waals surface area contributed by atoms with E-state index in [1.54, 1.807) is 23.1 Å². The summed E-state index contributed by atoms with van der Waals surface area (Å²) in [5.41, 5.74) is 1.79. The smallest absolute Gasteiger partial charge is 0.248 e. The highest BCUT2D eigenvalue weighted by Gasteiger charge is 2.09. The van der Waals surface area contributed by atoms with Gasteiger partial charge in [-0.25, -0.2) is 14.1 Å². The number of aromatic nitrogens is 3. The molecule has 0 saturated heterocycles. The lowest BCUT2D eigenvalue weighted by Crippen LogP contribution is -2.14. The van der Waals surface area contributed by atoms with Crippen LogP contribution in [0.25, 0.3) is 0 Å². The Hall–Kier alpha value is -2.74. The molecule has 3 rings (SSSR count). The Morgan fingerprint density at radius 3 is 2.67 bits per heavy atom. The van der Waals surface area contributed by atoms with E-state index in [9.17, 15) is 9.18 Å². The summed E-state index contributed by atoms with van der Waals surface area (Å²) >= 11 is 3.40. The summed E-state index contributed by atoms with van der Waals surface area (Å²) in [7, 11) is 1.41. The predicted octanol–water partition coefficient (Wildman–Crippen LogP) is 3.81. The van der Waals surface area contributed by atoms with Crippen LogP contribution in [-0.2, 0) is 17.8 Å². The van der Waals surface area contributed by atoms with Crippen molar-refractivity contribution in [1.29, 1.82) is 0 Å². The van der Waals surface area contributed by atoms with Crippen molar-refractivity contribution < 1.29 is 13.9 Å². The summed E-state index contributed by atoms with van der Waals surface area (Å²) < 4.78 is 21.2. The predicted molar refractivity (Wildman–Crippen MR) is 103 cm³/mol. The Kier molecular flexibility index (Phi) is 6.18. The van der Waals surface area contributed by atoms with Crippen LogP contribution in [0.2, 0.25) is 0 Å². The maximum Gasteiger partial charge on any atom is 0.248 e. The van der Waals surface area contributed by atoms with Crippen molar-refractivity contribution in [2.24, 2.45) is 0 Å². The van der Waals surface area contributed by atoms with Gasteiger partial charge in [-0.1, -0.05) is 34.1 Å². The van der Waals surface area contributed by atoms with Crippen LogP contribution in [0.1, 0.15) is 17.5 Å². The minimum absolute atomic E-state index is 0.184. The fourth-order valence-electron chi connectivity index (χ4n) is 2.52. The van der Waals surface area contributed by atoms with E-state index in [1.807, 2.05) is 24.3 Å². The maximum absolute atomic E-state index is 13.7. The molecule has 2 aromatic carbocycles. The molecule has 0 fully saturated rings. The number of halogens is 2. The van der Waals surface area contributed by atoms with Crippen LogP contribution < -0.4 is 10.1 Å². The molecule has 0 bridgehead atoms. The highest BCUT2D eigenvalue weighted by molar-refractivity contribution is 9.10. The van der Waals surface area contributed by atoms with Gasteiger partial charge in [-0.2, -0.15) is 0 Å². The number of carbonyl (C=O) groups is 1. The van der Waals surface area contributed by atoms with Crippen LogP contribution in [0, 0.1) is 5.82 Å². The van der Waals surface area contributed by atoms with Crippen LogP contribution in [0.4, 0.5) is 10.3 Å². The number of hydrogen-bond donors (Lipinski definition) is 1. The molecule has 1 N–H and O–H groups in total. The zero-order valence-corrected chi connectivity index (χ0v) is 16.2. The van der Waals surface area contributed by atoms with Gasteiger partial charge in [0, 0.05) is 10.9 Å². The molecule has 140 valence electrons. The summed E-state index contributed by atoms with van der Waals surface area (Å²) in [5.74, 6) is -0.238. The van der Waals surface area contributed by atoms with Crippen molar-refractivity contribution >= 4 is 27.8 Å². The van der Waals surface area contributed by atoms with Crippen LogP contribution in [0.5, 0.6) is 5.75 Å². The summed E-state index contributed by atoms with van der Waals surface area (Å²) in [6, 6.07) is 12.5. The topological polar surface area (TPSA) is 69.0 Å². The SMILES string of the molecule is COc1ccc(CCC(=O)Nc2ncn(Cc3ccc(Br)cc3)n2)cc1F. The molecule has 0 radical (unpaired) electrons. The minimum Gasteiger partial charge on any atom is -0.494 e. The number of aryl methyl sites for hydroxylation is 1. The fourth-order valence-corrected chi connectivity index (χ4v) is 2.78. The van der Waals surface area contributed by atoms with Gasteiger partial charge in [-0.3, -0.25) is 10.1 Å². The van der Waals surface area contributed by atoms with E-state index < -0.39 is 5.82 Å². The number of carbonyl (C=O) groups excluding carboxylic acids is 1. The first-order valence-electron chi connectivity index (χ1n) is 8.29. The first kappa shape index (κ1) is 19.0. The van der Waals surface area contributed by atoms with E-state index in [1.165, 1.54) is 13.2 Å². The highest BCUT2D eigenvalue weighted by Crippen LogP contribution is 2.18. The third-order valence-electron chi connectivity index (χ3n) is 3.90. The Balaban J connectivity index is 1.51. The van der Waals surface area contributed by atoms with Gasteiger partial charge in [0.1, 0.15) is 6.33 Å². The van der Waals surface area contributed by atoms with Crippen LogP contribution >= 0.6 is 15.9 Å². The summed E-state index contributed by atoms with van der Waals surface area (Å²) in [4.78, 5) is 16.2. The quantitative estimate of drug-likeness (QED) is 0.616. The van der Waals surface area contributed by atoms with Gasteiger partial charge in [0.2, 0.25) is 11.9 Å². The number of ether oxygens (including phenoxy) is 1. The number of amides is 1. The van der Waals surface area contributed by atoms with E-state index in [2.05, 4.69) is 31.3 Å². The Morgan fingerprint density at radius 2 is 1.96 bits per heavy atom. The molecule has 1 amide bonds. The molecule has 0 aliphatic carbocycles. The molecular formula is C19H18BrFN4O2. The van der Waals surface area contributed by atoms with Gasteiger partial charge < -0.3 is 4.74 Å². The van der Waals surface area contributed by atoms with Crippen LogP contribution in [0.3, 0.4) is 0 Å². The Morgan fingerprint density at radius 1 is 1.22 bits per heavy atom. The van der Waals surface area contributed by atoms with Crippen molar-refractivity contribution in [1.82, 2.24) is 14.8 Å². The fraction of sp³-hybridized carbons (Fsp3) is 0.211. The number of nitrogens with zero attached hydrogens (tertiary/aromatic N) is 3. The number of benzene rings is 2. The molecule has 1 aromatic heterocycles. The molecule has 0 aliphatic heterocycles. The van der Waals surface area contributed by atoms with Gasteiger partial charge in [0.25, 0.3) is 0 Å². The van der Waals surface area contributed by atoms with Crippen LogP contribution in [-0.4, -0.2) is 27.8 Å². The molecule has 3 aromatic rings. The first-order chi connectivity index (χ1) is 13.0. The van der Waals surface area contributed by atoms with E-state index >= 15 is 0 Å². The van der Waals surface area contributed by atoms with Gasteiger partial charge in [0.15, 0.2) is 11.6 Å². The molecule has 0 saturated carbocycles. The molecule has 6 nitrogen and oxygen atoms in total. The van der Waals surface area contributed by atoms with Crippen molar-refractivity contribution in [3.8, 4) is 5.75 Å². The molecule has 1 heterocycles. The summed E-state index contributed by atoms with van der Waals surface area (Å²) in [5, 5.41) is 6.90. The highest BCUT2D eigenvalue weighted by atomic mass is 79.9. The molecule has 0 atom stereocenters. The molecular weight excluding hydrogens is 415 g/mol. The van der Waals surface area contributed by atoms with Gasteiger partial charge in [0.05, 0.1) is 13.7 Å². The molecule has 0 spiro atoms. The van der Waals surface area contributed by atoms with Gasteiger partial charge in [-0.15, -0.1) is 5.10 Å². The number of methoxy groups -OCH3 is 1. The molecule has 8 heteroatoms. The monoisotopic (exact) mass is 432 g/mol. The van der Waals surface area contributed by atoms with Gasteiger partial charge >= 0.3 is 0 Å². The lowest BCUT2D eigenvalue weighted by molar-refractivity contribution is -0.116. The summed E-state index contributed by atoms with van der Waals surface area (Å²) in [6.07, 6.45) is 2.18. The summed E-state index contributed by atoms with van der Waals surface area (Å²) in [6.45, 7) is 0.557. The lowest BCUT2D eigenvalue weighted by atomic mass is 10.1. The van der Waals surface area contributed by atoms with E-state index in [0.29, 0.717) is 13.0 Å². The molecule has 27 heavy (non-hydrogen) atoms. The number of anilines is 1. The van der Waals surface area contributed by atoms with Crippen molar-refractivity contribution in [3.63, 3.8) is 0 Å². The molecule has 0 aliphatic rings. The van der Waals surface area contributed by atoms with E-state index in [-0.39, 0.29) is 24.0 Å². The second-order valence-corrected chi connectivity index (χ2v) is 6.82. The zero-order chi connectivity index (χ0) is 19.2. The largest absolute Gasteiger partial charge is 0.494 e. The average molecular weight is 433 g/mol. The third kappa shape index (κ3) is 5.37. The number of nitrogens with one attached hydrogen (secondary N) is 1. The first-order valence-corrected chi connectivity index (χ1v) is 9.09. The third-order valence-corrected chi connectivity index (χ3v) is 4.43. The van der Waals surface area contributed by atoms with E-state index in [4.69, 9.17) is 4.74 Å². The van der Waals surface area contributed by atoms with Crippen molar-refractivity contribution in [2.45, 2.75) is 19.4 Å². The van der Waals surface area contributed by atoms with Crippen LogP contribution in [0.15, 0.2) is 53.3 Å². The normalized spacial score (nSPS) is 10.6. The lowest BCUT2D eigenvalue weighted by Gasteiger charge is -2.05. The minimum atomic E-state index is -0.441. The molecule has 0 unspecified atom stereocenters.